The van der Waals surface area contributed by atoms with Crippen molar-refractivity contribution in [2.24, 2.45) is 0 Å². The number of anilines is 1. The zero-order valence-corrected chi connectivity index (χ0v) is 11.6. The number of aryl methyl sites for hydroxylation is 1. The van der Waals surface area contributed by atoms with E-state index in [4.69, 9.17) is 0 Å². The van der Waals surface area contributed by atoms with Gasteiger partial charge in [0.1, 0.15) is 0 Å². The summed E-state index contributed by atoms with van der Waals surface area (Å²) in [6.45, 7) is 8.69. The molecule has 0 bridgehead atoms. The van der Waals surface area contributed by atoms with E-state index in [1.54, 1.807) is 0 Å². The van der Waals surface area contributed by atoms with E-state index in [0.717, 1.165) is 13.1 Å². The van der Waals surface area contributed by atoms with Gasteiger partial charge in [-0.25, -0.2) is 0 Å². The number of nitrogens with zero attached hydrogens (tertiary/aromatic N) is 1. The van der Waals surface area contributed by atoms with Gasteiger partial charge in [-0.15, -0.1) is 12.4 Å². The Hall–Kier alpha value is -0.132. The Morgan fingerprint density at radius 3 is 2.21 bits per heavy atom. The maximum atomic E-state index is 2.60. The summed E-state index contributed by atoms with van der Waals surface area (Å²) in [6, 6.07) is 6.61. The van der Waals surface area contributed by atoms with E-state index in [0.29, 0.717) is 0 Å². The minimum atomic E-state index is 0. The molecule has 1 nitrogen and oxygen atoms in total. The Bertz CT molecular complexity index is 285. The predicted octanol–water partition coefficient (Wildman–Crippen LogP) is 2.06. The summed E-state index contributed by atoms with van der Waals surface area (Å²) in [5.74, 6) is 0. The second-order valence-corrected chi connectivity index (χ2v) is 4.15. The largest absolute Gasteiger partial charge is 0.147 e. The topological polar surface area (TPSA) is 3.24 Å². The summed E-state index contributed by atoms with van der Waals surface area (Å²) in [7, 11) is 0. The molecule has 14 heavy (non-hydrogen) atoms. The van der Waals surface area contributed by atoms with E-state index in [1.165, 1.54) is 15.6 Å². The summed E-state index contributed by atoms with van der Waals surface area (Å²) < 4.78 is 1.31. The fourth-order valence-electron chi connectivity index (χ4n) is 1.43. The molecule has 1 aromatic rings. The molecule has 0 saturated heterocycles. The zero-order valence-electron chi connectivity index (χ0n) is 8.95. The second kappa shape index (κ2) is 6.37. The number of hydrogen-bond acceptors (Lipinski definition) is 1. The number of hydrogen-bond donors (Lipinski definition) is 0. The van der Waals surface area contributed by atoms with Crippen LogP contribution < -0.4 is 9.25 Å². The number of benzene rings is 1. The third kappa shape index (κ3) is 3.22. The van der Waals surface area contributed by atoms with Crippen molar-refractivity contribution in [2.75, 3.05) is 18.0 Å². The molecule has 78 valence electrons. The van der Waals surface area contributed by atoms with E-state index >= 15 is 0 Å². The van der Waals surface area contributed by atoms with Gasteiger partial charge >= 0.3 is 89.4 Å². The summed E-state index contributed by atoms with van der Waals surface area (Å²) in [5, 5.41) is 0. The Labute approximate surface area is 102 Å². The summed E-state index contributed by atoms with van der Waals surface area (Å²) in [4.78, 5) is 2.36. The van der Waals surface area contributed by atoms with Crippen molar-refractivity contribution in [1.82, 2.24) is 0 Å². The molecular formula is C11H17AsClN. The van der Waals surface area contributed by atoms with E-state index in [2.05, 4.69) is 60.7 Å². The smallest absolute Gasteiger partial charge is 0.147 e. The molecule has 0 spiro atoms. The molecule has 1 rings (SSSR count). The maximum absolute atomic E-state index is 2.60. The van der Waals surface area contributed by atoms with Crippen molar-refractivity contribution in [3.63, 3.8) is 0 Å². The minimum absolute atomic E-state index is 0. The zero-order chi connectivity index (χ0) is 9.84. The molecular weight excluding hydrogens is 257 g/mol. The summed E-state index contributed by atoms with van der Waals surface area (Å²) in [5.41, 5.74) is 2.68. The number of rotatable bonds is 3. The van der Waals surface area contributed by atoms with Gasteiger partial charge in [-0.2, -0.15) is 0 Å². The summed E-state index contributed by atoms with van der Waals surface area (Å²) in [6.07, 6.45) is 0. The Balaban J connectivity index is 0.00000169. The van der Waals surface area contributed by atoms with Crippen LogP contribution in [0.5, 0.6) is 0 Å². The fraction of sp³-hybridized carbons (Fsp3) is 0.455. The average Bonchev–Trinajstić information content (AvgIpc) is 2.13. The first-order chi connectivity index (χ1) is 6.19. The normalized spacial score (nSPS) is 9.43. The SMILES string of the molecule is CCN(CC)c1ccc([As])c(C)c1.Cl. The van der Waals surface area contributed by atoms with Crippen molar-refractivity contribution in [3.05, 3.63) is 23.8 Å². The van der Waals surface area contributed by atoms with Crippen LogP contribution in [0.25, 0.3) is 0 Å². The third-order valence-corrected chi connectivity index (χ3v) is 3.36. The molecule has 0 aliphatic carbocycles. The van der Waals surface area contributed by atoms with Gasteiger partial charge in [-0.3, -0.25) is 0 Å². The standard InChI is InChI=1S/C11H16AsN.ClH/c1-4-13(5-2)10-6-7-11(12)9(3)8-10;/h6-8H,4-5H2,1-3H3;1H. The molecule has 0 aliphatic heterocycles. The van der Waals surface area contributed by atoms with Crippen LogP contribution in [-0.4, -0.2) is 29.9 Å². The minimum Gasteiger partial charge on any atom is -0.147 e. The molecule has 0 aliphatic rings. The van der Waals surface area contributed by atoms with Crippen molar-refractivity contribution in [3.8, 4) is 0 Å². The molecule has 0 heterocycles. The van der Waals surface area contributed by atoms with Crippen LogP contribution in [-0.2, 0) is 0 Å². The predicted molar refractivity (Wildman–Crippen MR) is 67.4 cm³/mol. The van der Waals surface area contributed by atoms with Gasteiger partial charge < -0.3 is 0 Å². The maximum Gasteiger partial charge on any atom is -0.147 e. The first kappa shape index (κ1) is 13.9. The van der Waals surface area contributed by atoms with E-state index in [9.17, 15) is 0 Å². The van der Waals surface area contributed by atoms with Crippen LogP contribution in [0.3, 0.4) is 0 Å². The van der Waals surface area contributed by atoms with Crippen molar-refractivity contribution in [1.29, 1.82) is 0 Å². The van der Waals surface area contributed by atoms with Gasteiger partial charge in [-0.05, 0) is 0 Å². The molecule has 3 heteroatoms. The van der Waals surface area contributed by atoms with Gasteiger partial charge in [0.2, 0.25) is 0 Å². The van der Waals surface area contributed by atoms with Crippen molar-refractivity contribution < 1.29 is 0 Å². The fourth-order valence-corrected chi connectivity index (χ4v) is 1.72. The van der Waals surface area contributed by atoms with Crippen molar-refractivity contribution >= 4 is 39.3 Å². The van der Waals surface area contributed by atoms with Crippen LogP contribution in [0.4, 0.5) is 5.69 Å². The van der Waals surface area contributed by atoms with Crippen molar-refractivity contribution in [2.45, 2.75) is 20.8 Å². The van der Waals surface area contributed by atoms with Crippen LogP contribution in [0, 0.1) is 6.92 Å². The van der Waals surface area contributed by atoms with E-state index in [1.807, 2.05) is 0 Å². The van der Waals surface area contributed by atoms with Gasteiger partial charge in [0.05, 0.1) is 0 Å². The van der Waals surface area contributed by atoms with Crippen LogP contribution in [0.2, 0.25) is 0 Å². The second-order valence-electron chi connectivity index (χ2n) is 3.14. The molecule has 0 saturated carbocycles. The quantitative estimate of drug-likeness (QED) is 0.762. The molecule has 0 amide bonds. The Morgan fingerprint density at radius 1 is 1.21 bits per heavy atom. The number of halogens is 1. The molecule has 0 N–H and O–H groups in total. The molecule has 0 atom stereocenters. The van der Waals surface area contributed by atoms with Crippen LogP contribution in [0.15, 0.2) is 18.2 Å². The first-order valence-corrected chi connectivity index (χ1v) is 5.67. The van der Waals surface area contributed by atoms with Crippen LogP contribution in [0.1, 0.15) is 19.4 Å². The first-order valence-electron chi connectivity index (χ1n) is 4.73. The Kier molecular flexibility index (Phi) is 6.31. The molecule has 1 aromatic carbocycles. The average molecular weight is 274 g/mol. The third-order valence-electron chi connectivity index (χ3n) is 2.31. The van der Waals surface area contributed by atoms with Gasteiger partial charge in [-0.1, -0.05) is 0 Å². The molecule has 0 unspecified atom stereocenters. The molecule has 0 aromatic heterocycles. The van der Waals surface area contributed by atoms with Gasteiger partial charge in [0.25, 0.3) is 0 Å². The Morgan fingerprint density at radius 2 is 1.79 bits per heavy atom. The van der Waals surface area contributed by atoms with Gasteiger partial charge in [0.15, 0.2) is 0 Å². The molecule has 2 radical (unpaired) electrons. The van der Waals surface area contributed by atoms with Crippen LogP contribution >= 0.6 is 12.4 Å². The monoisotopic (exact) mass is 273 g/mol. The van der Waals surface area contributed by atoms with E-state index < -0.39 is 0 Å². The van der Waals surface area contributed by atoms with Gasteiger partial charge in [0, 0.05) is 0 Å². The molecule has 0 fully saturated rings. The summed E-state index contributed by atoms with van der Waals surface area (Å²) >= 11 is 2.60. The van der Waals surface area contributed by atoms with E-state index in [-0.39, 0.29) is 12.4 Å².